The molecule has 1 N–H and O–H groups in total. The molecule has 1 saturated heterocycles. The van der Waals surface area contributed by atoms with Crippen LogP contribution in [0.25, 0.3) is 0 Å². The number of carbonyl (C=O) groups is 1. The monoisotopic (exact) mass is 156 g/mol. The molecule has 2 nitrogen and oxygen atoms in total. The maximum absolute atomic E-state index is 10.6. The summed E-state index contributed by atoms with van der Waals surface area (Å²) in [7, 11) is 0. The Morgan fingerprint density at radius 2 is 1.91 bits per heavy atom. The van der Waals surface area contributed by atoms with Crippen LogP contribution in [0.5, 0.6) is 0 Å². The quantitative estimate of drug-likeness (QED) is 0.566. The Morgan fingerprint density at radius 1 is 1.36 bits per heavy atom. The lowest BCUT2D eigenvalue weighted by Crippen LogP contribution is -3.11. The van der Waals surface area contributed by atoms with Crippen molar-refractivity contribution in [3.63, 3.8) is 0 Å². The topological polar surface area (TPSA) is 21.5 Å². The first-order valence-electron chi connectivity index (χ1n) is 4.44. The Hall–Kier alpha value is -0.370. The van der Waals surface area contributed by atoms with E-state index in [1.165, 1.54) is 25.9 Å². The van der Waals surface area contributed by atoms with Crippen LogP contribution >= 0.6 is 0 Å². The van der Waals surface area contributed by atoms with Gasteiger partial charge in [-0.05, 0) is 13.8 Å². The average Bonchev–Trinajstić information content (AvgIpc) is 2.39. The van der Waals surface area contributed by atoms with Crippen molar-refractivity contribution in [1.82, 2.24) is 0 Å². The Balaban J connectivity index is 2.33. The molecule has 1 heterocycles. The van der Waals surface area contributed by atoms with E-state index in [4.69, 9.17) is 0 Å². The number of quaternary nitrogens is 1. The fourth-order valence-corrected chi connectivity index (χ4v) is 1.74. The smallest absolute Gasteiger partial charge is 0.131 e. The standard InChI is InChI=1S/C9H17NO/c1-9(2,8-11)7-10-5-3-4-6-10/h8H,3-7H2,1-2H3/p+1. The van der Waals surface area contributed by atoms with E-state index >= 15 is 0 Å². The highest BCUT2D eigenvalue weighted by atomic mass is 16.1. The van der Waals surface area contributed by atoms with Crippen LogP contribution in [0, 0.1) is 5.41 Å². The van der Waals surface area contributed by atoms with Gasteiger partial charge in [0.1, 0.15) is 6.29 Å². The summed E-state index contributed by atoms with van der Waals surface area (Å²) in [6.07, 6.45) is 3.76. The number of hydrogen-bond acceptors (Lipinski definition) is 1. The minimum absolute atomic E-state index is 0.111. The molecule has 0 radical (unpaired) electrons. The molecule has 0 spiro atoms. The van der Waals surface area contributed by atoms with Crippen molar-refractivity contribution in [3.8, 4) is 0 Å². The highest BCUT2D eigenvalue weighted by molar-refractivity contribution is 5.57. The zero-order chi connectivity index (χ0) is 8.32. The number of nitrogens with one attached hydrogen (secondary N) is 1. The van der Waals surface area contributed by atoms with Crippen LogP contribution in [0.3, 0.4) is 0 Å². The predicted octanol–water partition coefficient (Wildman–Crippen LogP) is -0.110. The van der Waals surface area contributed by atoms with Crippen molar-refractivity contribution in [3.05, 3.63) is 0 Å². The molecule has 0 saturated carbocycles. The van der Waals surface area contributed by atoms with E-state index in [9.17, 15) is 4.79 Å². The van der Waals surface area contributed by atoms with Crippen molar-refractivity contribution < 1.29 is 9.69 Å². The average molecular weight is 156 g/mol. The van der Waals surface area contributed by atoms with Crippen molar-refractivity contribution in [2.75, 3.05) is 19.6 Å². The number of rotatable bonds is 3. The van der Waals surface area contributed by atoms with Gasteiger partial charge in [-0.15, -0.1) is 0 Å². The molecule has 1 rings (SSSR count). The van der Waals surface area contributed by atoms with Gasteiger partial charge in [0, 0.05) is 12.8 Å². The van der Waals surface area contributed by atoms with Gasteiger partial charge in [0.15, 0.2) is 0 Å². The Labute approximate surface area is 68.6 Å². The van der Waals surface area contributed by atoms with E-state index in [0.29, 0.717) is 0 Å². The minimum Gasteiger partial charge on any atom is -0.334 e. The van der Waals surface area contributed by atoms with Gasteiger partial charge >= 0.3 is 0 Å². The molecule has 1 aliphatic heterocycles. The van der Waals surface area contributed by atoms with E-state index in [1.807, 2.05) is 13.8 Å². The molecular weight excluding hydrogens is 138 g/mol. The fourth-order valence-electron chi connectivity index (χ4n) is 1.74. The van der Waals surface area contributed by atoms with Crippen LogP contribution < -0.4 is 4.90 Å². The molecular formula is C9H18NO+. The van der Waals surface area contributed by atoms with E-state index < -0.39 is 0 Å². The number of carbonyl (C=O) groups excluding carboxylic acids is 1. The molecule has 0 aromatic carbocycles. The Bertz CT molecular complexity index is 136. The van der Waals surface area contributed by atoms with E-state index in [2.05, 4.69) is 0 Å². The van der Waals surface area contributed by atoms with E-state index in [-0.39, 0.29) is 5.41 Å². The molecule has 1 aliphatic rings. The Kier molecular flexibility index (Phi) is 2.66. The lowest BCUT2D eigenvalue weighted by molar-refractivity contribution is -0.892. The highest BCUT2D eigenvalue weighted by Gasteiger charge is 2.25. The molecule has 1 fully saturated rings. The fraction of sp³-hybridized carbons (Fsp3) is 0.889. The summed E-state index contributed by atoms with van der Waals surface area (Å²) in [4.78, 5) is 12.2. The van der Waals surface area contributed by atoms with Crippen LogP contribution in [0.4, 0.5) is 0 Å². The van der Waals surface area contributed by atoms with Crippen LogP contribution in [-0.4, -0.2) is 25.9 Å². The zero-order valence-electron chi connectivity index (χ0n) is 7.52. The summed E-state index contributed by atoms with van der Waals surface area (Å²) in [5.74, 6) is 0. The lowest BCUT2D eigenvalue weighted by atomic mass is 9.95. The summed E-state index contributed by atoms with van der Waals surface area (Å²) in [5.41, 5.74) is -0.111. The van der Waals surface area contributed by atoms with E-state index in [1.54, 1.807) is 4.90 Å². The van der Waals surface area contributed by atoms with E-state index in [0.717, 1.165) is 12.8 Å². The third kappa shape index (κ3) is 2.62. The summed E-state index contributed by atoms with van der Waals surface area (Å²) >= 11 is 0. The predicted molar refractivity (Wildman–Crippen MR) is 44.6 cm³/mol. The van der Waals surface area contributed by atoms with Crippen molar-refractivity contribution >= 4 is 6.29 Å². The largest absolute Gasteiger partial charge is 0.334 e. The first kappa shape index (κ1) is 8.72. The molecule has 0 unspecified atom stereocenters. The summed E-state index contributed by atoms with van der Waals surface area (Å²) in [6, 6.07) is 0. The molecule has 0 bridgehead atoms. The lowest BCUT2D eigenvalue weighted by Gasteiger charge is -2.21. The highest BCUT2D eigenvalue weighted by Crippen LogP contribution is 2.07. The first-order valence-corrected chi connectivity index (χ1v) is 4.44. The molecule has 0 aromatic heterocycles. The van der Waals surface area contributed by atoms with Crippen molar-refractivity contribution in [2.24, 2.45) is 5.41 Å². The second kappa shape index (κ2) is 3.35. The van der Waals surface area contributed by atoms with Crippen molar-refractivity contribution in [1.29, 1.82) is 0 Å². The molecule has 11 heavy (non-hydrogen) atoms. The van der Waals surface area contributed by atoms with Gasteiger partial charge in [-0.2, -0.15) is 0 Å². The molecule has 0 atom stereocenters. The van der Waals surface area contributed by atoms with Crippen molar-refractivity contribution in [2.45, 2.75) is 26.7 Å². The van der Waals surface area contributed by atoms with Gasteiger partial charge in [-0.3, -0.25) is 0 Å². The minimum atomic E-state index is -0.111. The van der Waals surface area contributed by atoms with Crippen LogP contribution in [0.1, 0.15) is 26.7 Å². The van der Waals surface area contributed by atoms with Gasteiger partial charge in [0.05, 0.1) is 25.0 Å². The maximum atomic E-state index is 10.6. The number of aldehydes is 1. The molecule has 0 aliphatic carbocycles. The van der Waals surface area contributed by atoms with Crippen LogP contribution in [0.15, 0.2) is 0 Å². The third-order valence-corrected chi connectivity index (χ3v) is 2.34. The number of hydrogen-bond donors (Lipinski definition) is 1. The normalized spacial score (nSPS) is 20.5. The first-order chi connectivity index (χ1) is 5.14. The second-order valence-corrected chi connectivity index (χ2v) is 4.24. The maximum Gasteiger partial charge on any atom is 0.131 e. The van der Waals surface area contributed by atoms with Gasteiger partial charge in [-0.25, -0.2) is 0 Å². The zero-order valence-corrected chi connectivity index (χ0v) is 7.52. The van der Waals surface area contributed by atoms with Crippen LogP contribution in [0.2, 0.25) is 0 Å². The summed E-state index contributed by atoms with van der Waals surface area (Å²) in [5, 5.41) is 0. The van der Waals surface area contributed by atoms with Gasteiger partial charge in [-0.1, -0.05) is 0 Å². The molecule has 0 amide bonds. The van der Waals surface area contributed by atoms with Gasteiger partial charge in [0.2, 0.25) is 0 Å². The number of likely N-dealkylation sites (tertiary alicyclic amines) is 1. The van der Waals surface area contributed by atoms with Gasteiger partial charge < -0.3 is 9.69 Å². The Morgan fingerprint density at radius 3 is 2.36 bits per heavy atom. The molecule has 2 heteroatoms. The second-order valence-electron chi connectivity index (χ2n) is 4.24. The summed E-state index contributed by atoms with van der Waals surface area (Å²) < 4.78 is 0. The van der Waals surface area contributed by atoms with Crippen LogP contribution in [-0.2, 0) is 4.79 Å². The summed E-state index contributed by atoms with van der Waals surface area (Å²) in [6.45, 7) is 7.57. The van der Waals surface area contributed by atoms with Gasteiger partial charge in [0.25, 0.3) is 0 Å². The molecule has 0 aromatic rings. The SMILES string of the molecule is CC(C)(C=O)C[NH+]1CCCC1. The molecule has 64 valence electrons. The third-order valence-electron chi connectivity index (χ3n) is 2.34.